The molecule has 0 aliphatic heterocycles. The number of hydrogen-bond donors (Lipinski definition) is 1. The van der Waals surface area contributed by atoms with Crippen LogP contribution in [0.25, 0.3) is 0 Å². The Morgan fingerprint density at radius 3 is 2.53 bits per heavy atom. The van der Waals surface area contributed by atoms with Crippen LogP contribution in [0.2, 0.25) is 0 Å². The van der Waals surface area contributed by atoms with Crippen LogP contribution in [0.5, 0.6) is 0 Å². The molecule has 0 radical (unpaired) electrons. The molecule has 86 valence electrons. The Morgan fingerprint density at radius 1 is 1.27 bits per heavy atom. The molecule has 0 bridgehead atoms. The molecule has 15 heavy (non-hydrogen) atoms. The molecule has 1 heterocycles. The van der Waals surface area contributed by atoms with E-state index < -0.39 is 0 Å². The lowest BCUT2D eigenvalue weighted by atomic mass is 9.97. The predicted molar refractivity (Wildman–Crippen MR) is 69.5 cm³/mol. The molecular weight excluding hydrogens is 202 g/mol. The Labute approximate surface area is 97.9 Å². The average molecular weight is 225 g/mol. The minimum absolute atomic E-state index is 0.584. The van der Waals surface area contributed by atoms with Crippen molar-refractivity contribution in [3.63, 3.8) is 0 Å². The van der Waals surface area contributed by atoms with Crippen molar-refractivity contribution in [2.45, 2.75) is 40.2 Å². The third-order valence-corrected chi connectivity index (χ3v) is 3.78. The van der Waals surface area contributed by atoms with E-state index in [1.807, 2.05) is 0 Å². The lowest BCUT2D eigenvalue weighted by molar-refractivity contribution is 0.372. The zero-order valence-electron chi connectivity index (χ0n) is 10.3. The summed E-state index contributed by atoms with van der Waals surface area (Å²) in [5.74, 6) is 1.53. The molecule has 1 aromatic rings. The summed E-state index contributed by atoms with van der Waals surface area (Å²) in [7, 11) is 0. The van der Waals surface area contributed by atoms with Gasteiger partial charge in [-0.15, -0.1) is 0 Å². The fourth-order valence-corrected chi connectivity index (χ4v) is 2.14. The van der Waals surface area contributed by atoms with Crippen LogP contribution >= 0.6 is 11.3 Å². The van der Waals surface area contributed by atoms with E-state index in [0.29, 0.717) is 6.04 Å². The lowest BCUT2D eigenvalue weighted by Crippen LogP contribution is -2.33. The molecule has 0 saturated heterocycles. The molecular formula is C13H23NS. The third kappa shape index (κ3) is 4.80. The van der Waals surface area contributed by atoms with E-state index in [2.05, 4.69) is 49.8 Å². The Kier molecular flexibility index (Phi) is 5.34. The fraction of sp³-hybridized carbons (Fsp3) is 0.692. The van der Waals surface area contributed by atoms with Gasteiger partial charge in [0.15, 0.2) is 0 Å². The van der Waals surface area contributed by atoms with Gasteiger partial charge < -0.3 is 5.32 Å². The average Bonchev–Trinajstić information content (AvgIpc) is 2.66. The monoisotopic (exact) mass is 225 g/mol. The van der Waals surface area contributed by atoms with Crippen LogP contribution in [0.15, 0.2) is 16.8 Å². The summed E-state index contributed by atoms with van der Waals surface area (Å²) in [6.07, 6.45) is 1.15. The number of thiophene rings is 1. The Bertz CT molecular complexity index is 254. The minimum Gasteiger partial charge on any atom is -0.314 e. The molecule has 0 amide bonds. The molecule has 2 unspecified atom stereocenters. The van der Waals surface area contributed by atoms with Gasteiger partial charge in [-0.1, -0.05) is 20.8 Å². The second-order valence-electron chi connectivity index (χ2n) is 4.87. The predicted octanol–water partition coefficient (Wildman–Crippen LogP) is 3.56. The highest BCUT2D eigenvalue weighted by Crippen LogP contribution is 2.10. The van der Waals surface area contributed by atoms with Crippen molar-refractivity contribution in [1.29, 1.82) is 0 Å². The minimum atomic E-state index is 0.584. The molecule has 1 nitrogen and oxygen atoms in total. The van der Waals surface area contributed by atoms with Gasteiger partial charge in [0.2, 0.25) is 0 Å². The second-order valence-corrected chi connectivity index (χ2v) is 5.65. The van der Waals surface area contributed by atoms with Crippen LogP contribution in [0, 0.1) is 11.8 Å². The summed E-state index contributed by atoms with van der Waals surface area (Å²) in [6.45, 7) is 10.3. The molecule has 1 aromatic heterocycles. The zero-order valence-corrected chi connectivity index (χ0v) is 11.1. The quantitative estimate of drug-likeness (QED) is 0.780. The van der Waals surface area contributed by atoms with Crippen molar-refractivity contribution < 1.29 is 0 Å². The number of nitrogens with one attached hydrogen (secondary N) is 1. The van der Waals surface area contributed by atoms with E-state index in [0.717, 1.165) is 24.8 Å². The first-order chi connectivity index (χ1) is 7.09. The van der Waals surface area contributed by atoms with Gasteiger partial charge in [-0.25, -0.2) is 0 Å². The van der Waals surface area contributed by atoms with Crippen LogP contribution in [0.1, 0.15) is 33.3 Å². The summed E-state index contributed by atoms with van der Waals surface area (Å²) >= 11 is 1.78. The number of hydrogen-bond acceptors (Lipinski definition) is 2. The fourth-order valence-electron chi connectivity index (χ4n) is 1.46. The lowest BCUT2D eigenvalue weighted by Gasteiger charge is -2.19. The summed E-state index contributed by atoms with van der Waals surface area (Å²) in [4.78, 5) is 0. The summed E-state index contributed by atoms with van der Waals surface area (Å²) in [5, 5.41) is 8.00. The van der Waals surface area contributed by atoms with Crippen molar-refractivity contribution >= 4 is 11.3 Å². The van der Waals surface area contributed by atoms with Gasteiger partial charge in [-0.2, -0.15) is 11.3 Å². The van der Waals surface area contributed by atoms with Crippen LogP contribution in [0.3, 0.4) is 0 Å². The molecule has 2 atom stereocenters. The SMILES string of the molecule is CC(Cc1ccsc1)NCC(C)C(C)C. The highest BCUT2D eigenvalue weighted by molar-refractivity contribution is 7.07. The van der Waals surface area contributed by atoms with Crippen LogP contribution < -0.4 is 5.32 Å². The number of rotatable bonds is 6. The Balaban J connectivity index is 2.22. The maximum Gasteiger partial charge on any atom is 0.00795 e. The molecule has 0 fully saturated rings. The molecule has 1 N–H and O–H groups in total. The highest BCUT2D eigenvalue weighted by Gasteiger charge is 2.09. The topological polar surface area (TPSA) is 12.0 Å². The van der Waals surface area contributed by atoms with E-state index in [4.69, 9.17) is 0 Å². The first kappa shape index (κ1) is 12.7. The molecule has 0 spiro atoms. The van der Waals surface area contributed by atoms with Crippen molar-refractivity contribution in [3.05, 3.63) is 22.4 Å². The Morgan fingerprint density at radius 2 is 2.00 bits per heavy atom. The summed E-state index contributed by atoms with van der Waals surface area (Å²) in [5.41, 5.74) is 1.46. The first-order valence-corrected chi connectivity index (χ1v) is 6.78. The maximum absolute atomic E-state index is 3.61. The van der Waals surface area contributed by atoms with Crippen LogP contribution in [0.4, 0.5) is 0 Å². The van der Waals surface area contributed by atoms with Crippen molar-refractivity contribution in [1.82, 2.24) is 5.32 Å². The van der Waals surface area contributed by atoms with Crippen molar-refractivity contribution in [2.75, 3.05) is 6.54 Å². The van der Waals surface area contributed by atoms with Crippen LogP contribution in [-0.2, 0) is 6.42 Å². The normalized spacial score (nSPS) is 15.5. The Hall–Kier alpha value is -0.340. The van der Waals surface area contributed by atoms with Crippen molar-refractivity contribution in [2.24, 2.45) is 11.8 Å². The van der Waals surface area contributed by atoms with Gasteiger partial charge >= 0.3 is 0 Å². The summed E-state index contributed by atoms with van der Waals surface area (Å²) in [6, 6.07) is 2.80. The highest BCUT2D eigenvalue weighted by atomic mass is 32.1. The smallest absolute Gasteiger partial charge is 0.00795 e. The first-order valence-electron chi connectivity index (χ1n) is 5.84. The second kappa shape index (κ2) is 6.29. The molecule has 0 saturated carbocycles. The van der Waals surface area contributed by atoms with E-state index in [-0.39, 0.29) is 0 Å². The van der Waals surface area contributed by atoms with Gasteiger partial charge in [0.25, 0.3) is 0 Å². The molecule has 0 aliphatic carbocycles. The summed E-state index contributed by atoms with van der Waals surface area (Å²) < 4.78 is 0. The van der Waals surface area contributed by atoms with E-state index in [1.165, 1.54) is 5.56 Å². The van der Waals surface area contributed by atoms with Gasteiger partial charge in [0.1, 0.15) is 0 Å². The standard InChI is InChI=1S/C13H23NS/c1-10(2)11(3)8-14-12(4)7-13-5-6-15-9-13/h5-6,9-12,14H,7-8H2,1-4H3. The molecule has 0 aromatic carbocycles. The van der Waals surface area contributed by atoms with Crippen molar-refractivity contribution in [3.8, 4) is 0 Å². The molecule has 0 aliphatic rings. The van der Waals surface area contributed by atoms with Gasteiger partial charge in [-0.3, -0.25) is 0 Å². The van der Waals surface area contributed by atoms with E-state index >= 15 is 0 Å². The molecule has 1 rings (SSSR count). The third-order valence-electron chi connectivity index (χ3n) is 3.05. The zero-order chi connectivity index (χ0) is 11.3. The molecule has 2 heteroatoms. The van der Waals surface area contributed by atoms with E-state index in [9.17, 15) is 0 Å². The maximum atomic E-state index is 3.61. The van der Waals surface area contributed by atoms with Gasteiger partial charge in [-0.05, 0) is 54.1 Å². The van der Waals surface area contributed by atoms with Gasteiger partial charge in [0.05, 0.1) is 0 Å². The largest absolute Gasteiger partial charge is 0.314 e. The van der Waals surface area contributed by atoms with Crippen LogP contribution in [-0.4, -0.2) is 12.6 Å². The van der Waals surface area contributed by atoms with Gasteiger partial charge in [0, 0.05) is 6.04 Å². The van der Waals surface area contributed by atoms with E-state index in [1.54, 1.807) is 11.3 Å².